The van der Waals surface area contributed by atoms with Crippen molar-refractivity contribution in [2.45, 2.75) is 303 Å². The fraction of sp³-hybridized carbons (Fsp3) is 0.688. The van der Waals surface area contributed by atoms with E-state index in [4.69, 9.17) is 13.8 Å². The van der Waals surface area contributed by atoms with E-state index in [1.807, 2.05) is 33.3 Å². The van der Waals surface area contributed by atoms with Crippen LogP contribution in [0.15, 0.2) is 134 Å². The minimum atomic E-state index is -4.72. The highest BCUT2D eigenvalue weighted by Gasteiger charge is 2.27. The van der Waals surface area contributed by atoms with Crippen LogP contribution in [0.4, 0.5) is 0 Å². The third kappa shape index (κ3) is 66.4. The number of phosphoric acid groups is 1. The van der Waals surface area contributed by atoms with Crippen molar-refractivity contribution in [2.75, 3.05) is 40.9 Å². The van der Waals surface area contributed by atoms with Crippen LogP contribution in [-0.2, 0) is 27.9 Å². The molecule has 0 aliphatic heterocycles. The number of ether oxygens (including phenoxy) is 1. The summed E-state index contributed by atoms with van der Waals surface area (Å²) in [5, 5.41) is 3.03. The highest BCUT2D eigenvalue weighted by Crippen LogP contribution is 2.38. The number of nitrogens with zero attached hydrogens (tertiary/aromatic N) is 1. The van der Waals surface area contributed by atoms with Gasteiger partial charge in [0, 0.05) is 12.8 Å². The molecule has 0 aromatic heterocycles. The molecule has 87 heavy (non-hydrogen) atoms. The van der Waals surface area contributed by atoms with Crippen LogP contribution in [0.3, 0.4) is 0 Å². The Morgan fingerprint density at radius 1 is 0.414 bits per heavy atom. The zero-order valence-electron chi connectivity index (χ0n) is 56.9. The van der Waals surface area contributed by atoms with Gasteiger partial charge >= 0.3 is 5.97 Å². The molecule has 1 amide bonds. The number of esters is 1. The van der Waals surface area contributed by atoms with Crippen molar-refractivity contribution in [3.05, 3.63) is 134 Å². The van der Waals surface area contributed by atoms with Gasteiger partial charge in [-0.05, 0) is 128 Å². The molecule has 9 nitrogen and oxygen atoms in total. The maximum atomic E-state index is 13.6. The zero-order chi connectivity index (χ0) is 63.5. The quantitative estimate of drug-likeness (QED) is 0.0212. The molecule has 10 heteroatoms. The molecule has 0 aliphatic carbocycles. The molecule has 0 bridgehead atoms. The van der Waals surface area contributed by atoms with E-state index in [2.05, 4.69) is 148 Å². The smallest absolute Gasteiger partial charge is 0.306 e. The highest BCUT2D eigenvalue weighted by molar-refractivity contribution is 7.45. The fourth-order valence-corrected chi connectivity index (χ4v) is 10.3. The average Bonchev–Trinajstić information content (AvgIpc) is 3.70. The van der Waals surface area contributed by atoms with Crippen LogP contribution in [0.5, 0.6) is 0 Å². The monoisotopic (exact) mass is 1230 g/mol. The first-order valence-electron chi connectivity index (χ1n) is 35.5. The van der Waals surface area contributed by atoms with Gasteiger partial charge < -0.3 is 28.5 Å². The van der Waals surface area contributed by atoms with E-state index in [9.17, 15) is 19.0 Å². The maximum Gasteiger partial charge on any atom is 0.306 e. The predicted molar refractivity (Wildman–Crippen MR) is 376 cm³/mol. The number of amides is 1. The van der Waals surface area contributed by atoms with Crippen molar-refractivity contribution in [2.24, 2.45) is 0 Å². The van der Waals surface area contributed by atoms with Crippen molar-refractivity contribution < 1.29 is 37.3 Å². The normalized spacial score (nSPS) is 14.3. The number of hydrogen-bond acceptors (Lipinski definition) is 7. The van der Waals surface area contributed by atoms with Gasteiger partial charge in [-0.3, -0.25) is 14.2 Å². The Balaban J connectivity index is 5.21. The van der Waals surface area contributed by atoms with E-state index in [-0.39, 0.29) is 31.3 Å². The molecule has 0 aliphatic rings. The van der Waals surface area contributed by atoms with Crippen LogP contribution >= 0.6 is 7.82 Å². The molecule has 0 aromatic rings. The molecule has 0 spiro atoms. The van der Waals surface area contributed by atoms with Crippen molar-refractivity contribution in [1.29, 1.82) is 0 Å². The summed E-state index contributed by atoms with van der Waals surface area (Å²) in [6.07, 6.45) is 92.8. The highest BCUT2D eigenvalue weighted by atomic mass is 31.2. The molecule has 0 heterocycles. The third-order valence-electron chi connectivity index (χ3n) is 15.1. The summed E-state index contributed by atoms with van der Waals surface area (Å²) in [6.45, 7) is 6.69. The third-order valence-corrected chi connectivity index (χ3v) is 16.0. The number of unbranched alkanes of at least 4 members (excludes halogenated alkanes) is 27. The van der Waals surface area contributed by atoms with Gasteiger partial charge in [-0.15, -0.1) is 0 Å². The lowest BCUT2D eigenvalue weighted by Crippen LogP contribution is -2.47. The number of quaternary nitrogens is 1. The van der Waals surface area contributed by atoms with Crippen LogP contribution in [-0.4, -0.2) is 69.4 Å². The summed E-state index contributed by atoms with van der Waals surface area (Å²) in [6, 6.07) is -0.913. The molecule has 0 fully saturated rings. The van der Waals surface area contributed by atoms with Gasteiger partial charge in [0.25, 0.3) is 7.82 Å². The SMILES string of the molecule is CC/C=C\C/C=C\C/C=C\C/C=C\C/C=C\C/C=C\CCCCCCCCC(=O)NC(COP(=O)([O-])OCC[N+](C)(C)C)C(/C=C/CCCCCCCCCCCCC)OC(=O)CCCCCCCCC/C=C\C/C=C\C/C=C\C/C=C\CCCCC. The lowest BCUT2D eigenvalue weighted by atomic mass is 10.0. The number of likely N-dealkylation sites (N-methyl/N-ethyl adjacent to an activating group) is 1. The molecule has 3 atom stereocenters. The van der Waals surface area contributed by atoms with Crippen molar-refractivity contribution in [1.82, 2.24) is 5.32 Å². The first-order valence-corrected chi connectivity index (χ1v) is 37.0. The van der Waals surface area contributed by atoms with Crippen LogP contribution in [0.25, 0.3) is 0 Å². The summed E-state index contributed by atoms with van der Waals surface area (Å²) in [7, 11) is 1.15. The molecule has 0 aromatic carbocycles. The van der Waals surface area contributed by atoms with E-state index in [1.54, 1.807) is 0 Å². The Kier molecular flexibility index (Phi) is 62.2. The molecule has 0 saturated heterocycles. The Bertz CT molecular complexity index is 1950. The molecule has 1 N–H and O–H groups in total. The minimum Gasteiger partial charge on any atom is -0.756 e. The second-order valence-electron chi connectivity index (χ2n) is 24.6. The minimum absolute atomic E-state index is 0.0345. The number of hydrogen-bond donors (Lipinski definition) is 1. The van der Waals surface area contributed by atoms with Crippen LogP contribution in [0.2, 0.25) is 0 Å². The van der Waals surface area contributed by atoms with Gasteiger partial charge in [0.15, 0.2) is 0 Å². The Morgan fingerprint density at radius 3 is 1.13 bits per heavy atom. The standard InChI is InChI=1S/C77H133N2O7P/c1-7-10-13-16-19-22-25-28-30-32-34-36-38-39-41-42-44-46-48-51-54-57-60-63-66-69-76(80)78-74(73-85-87(82,83)84-72-71-79(4,5)6)75(68-65-62-59-56-53-50-27-24-21-18-15-12-9-3)86-77(81)70-67-64-61-58-55-52-49-47-45-43-40-37-35-33-31-29-26-23-20-17-14-11-8-2/h10,13,19-20,22-23,28-31,34-37,39,41,43-46,65,68,74-75H,7-9,11-12,14-18,21,24-27,32-33,38,40,42,47-64,66-67,69-73H2,1-6H3,(H-,78,80,82,83)/b13-10-,22-19-,23-20-,30-28-,31-29-,36-34-,37-35-,41-39-,45-43-,46-44-,68-65+. The first kappa shape index (κ1) is 83.2. The molecule has 0 saturated carbocycles. The lowest BCUT2D eigenvalue weighted by Gasteiger charge is -2.30. The van der Waals surface area contributed by atoms with Gasteiger partial charge in [-0.2, -0.15) is 0 Å². The molecule has 3 unspecified atom stereocenters. The Hall–Kier alpha value is -3.85. The van der Waals surface area contributed by atoms with Crippen LogP contribution in [0, 0.1) is 0 Å². The van der Waals surface area contributed by atoms with Crippen molar-refractivity contribution >= 4 is 19.7 Å². The van der Waals surface area contributed by atoms with E-state index in [0.29, 0.717) is 23.9 Å². The van der Waals surface area contributed by atoms with Gasteiger partial charge in [0.1, 0.15) is 19.3 Å². The number of allylic oxidation sites excluding steroid dienone is 21. The number of phosphoric ester groups is 1. The van der Waals surface area contributed by atoms with E-state index >= 15 is 0 Å². The summed E-state index contributed by atoms with van der Waals surface area (Å²) >= 11 is 0. The number of nitrogens with one attached hydrogen (secondary N) is 1. The van der Waals surface area contributed by atoms with Gasteiger partial charge in [-0.25, -0.2) is 0 Å². The Morgan fingerprint density at radius 2 is 0.736 bits per heavy atom. The number of rotatable bonds is 63. The predicted octanol–water partition coefficient (Wildman–Crippen LogP) is 22.2. The maximum absolute atomic E-state index is 13.6. The Labute approximate surface area is 536 Å². The van der Waals surface area contributed by atoms with E-state index in [1.165, 1.54) is 103 Å². The van der Waals surface area contributed by atoms with E-state index in [0.717, 1.165) is 141 Å². The molecular formula is C77H133N2O7P. The second-order valence-corrected chi connectivity index (χ2v) is 26.1. The van der Waals surface area contributed by atoms with Crippen molar-refractivity contribution in [3.8, 4) is 0 Å². The summed E-state index contributed by atoms with van der Waals surface area (Å²) in [5.41, 5.74) is 0. The molecule has 0 rings (SSSR count). The summed E-state index contributed by atoms with van der Waals surface area (Å²) in [4.78, 5) is 40.2. The van der Waals surface area contributed by atoms with E-state index < -0.39 is 26.6 Å². The summed E-state index contributed by atoms with van der Waals surface area (Å²) in [5.74, 6) is -0.574. The fourth-order valence-electron chi connectivity index (χ4n) is 9.63. The van der Waals surface area contributed by atoms with Gasteiger partial charge in [0.2, 0.25) is 5.91 Å². The molecule has 498 valence electrons. The lowest BCUT2D eigenvalue weighted by molar-refractivity contribution is -0.870. The van der Waals surface area contributed by atoms with Gasteiger partial charge in [-0.1, -0.05) is 283 Å². The first-order chi connectivity index (χ1) is 42.4. The average molecular weight is 1230 g/mol. The number of carbonyl (C=O) groups excluding carboxylic acids is 2. The largest absolute Gasteiger partial charge is 0.756 e. The summed E-state index contributed by atoms with van der Waals surface area (Å²) < 4.78 is 30.4. The van der Waals surface area contributed by atoms with Gasteiger partial charge in [0.05, 0.1) is 33.8 Å². The zero-order valence-corrected chi connectivity index (χ0v) is 57.8. The van der Waals surface area contributed by atoms with Crippen molar-refractivity contribution in [3.63, 3.8) is 0 Å². The number of carbonyl (C=O) groups is 2. The topological polar surface area (TPSA) is 114 Å². The van der Waals surface area contributed by atoms with Crippen LogP contribution in [0.1, 0.15) is 290 Å². The second kappa shape index (κ2) is 65.1. The van der Waals surface area contributed by atoms with Crippen LogP contribution < -0.4 is 10.2 Å². The molecule has 0 radical (unpaired) electrons. The molecular weight excluding hydrogens is 1100 g/mol.